The van der Waals surface area contributed by atoms with Gasteiger partial charge in [0.05, 0.1) is 35.5 Å². The molecule has 5 nitrogen and oxygen atoms in total. The molecule has 0 saturated heterocycles. The standard InChI is InChI=1S/C14H20N4OS2/c1-14(2)6-9-8(7-19-14)10-11(21-9)12(16-5-4-15)18-13(17-10)20-3/h4-7,15H2,1-3H3,(H,16,17,18)/p+1. The number of rotatable bonds is 4. The molecule has 2 aromatic rings. The molecule has 0 amide bonds. The zero-order valence-corrected chi connectivity index (χ0v) is 14.3. The van der Waals surface area contributed by atoms with Gasteiger partial charge in [-0.3, -0.25) is 0 Å². The molecule has 114 valence electrons. The number of nitrogens with zero attached hydrogens (tertiary/aromatic N) is 2. The first-order valence-corrected chi connectivity index (χ1v) is 9.11. The molecule has 3 rings (SSSR count). The Bertz CT molecular complexity index is 669. The second-order valence-corrected chi connectivity index (χ2v) is 7.62. The molecule has 0 bridgehead atoms. The third-order valence-electron chi connectivity index (χ3n) is 3.54. The number of nitrogens with one attached hydrogen (secondary N) is 1. The Kier molecular flexibility index (Phi) is 4.09. The Morgan fingerprint density at radius 2 is 2.24 bits per heavy atom. The maximum atomic E-state index is 5.96. The molecular formula is C14H21N4OS2+. The lowest BCUT2D eigenvalue weighted by Gasteiger charge is -2.29. The molecule has 1 aliphatic heterocycles. The smallest absolute Gasteiger partial charge is 0.189 e. The van der Waals surface area contributed by atoms with Gasteiger partial charge in [0.25, 0.3) is 0 Å². The summed E-state index contributed by atoms with van der Waals surface area (Å²) < 4.78 is 7.11. The van der Waals surface area contributed by atoms with Crippen molar-refractivity contribution in [3.05, 3.63) is 10.4 Å². The molecular weight excluding hydrogens is 304 g/mol. The molecule has 0 atom stereocenters. The van der Waals surface area contributed by atoms with Crippen LogP contribution >= 0.6 is 23.1 Å². The number of thiophene rings is 1. The Labute approximate surface area is 132 Å². The number of hydrogen-bond acceptors (Lipinski definition) is 6. The van der Waals surface area contributed by atoms with E-state index in [4.69, 9.17) is 9.72 Å². The fourth-order valence-corrected chi connectivity index (χ4v) is 4.25. The number of ether oxygens (including phenoxy) is 1. The highest BCUT2D eigenvalue weighted by Crippen LogP contribution is 2.41. The first kappa shape index (κ1) is 15.0. The minimum Gasteiger partial charge on any atom is -0.370 e. The van der Waals surface area contributed by atoms with E-state index < -0.39 is 0 Å². The van der Waals surface area contributed by atoms with Crippen molar-refractivity contribution in [2.45, 2.75) is 37.6 Å². The van der Waals surface area contributed by atoms with E-state index >= 15 is 0 Å². The first-order valence-electron chi connectivity index (χ1n) is 7.07. The lowest BCUT2D eigenvalue weighted by molar-refractivity contribution is -0.362. The van der Waals surface area contributed by atoms with Crippen LogP contribution in [0.25, 0.3) is 10.2 Å². The number of thioether (sulfide) groups is 1. The second kappa shape index (κ2) is 5.72. The third kappa shape index (κ3) is 2.88. The molecule has 1 aliphatic rings. The molecule has 2 aromatic heterocycles. The van der Waals surface area contributed by atoms with Gasteiger partial charge in [0, 0.05) is 16.9 Å². The predicted octanol–water partition coefficient (Wildman–Crippen LogP) is 1.92. The minimum atomic E-state index is -0.0927. The van der Waals surface area contributed by atoms with Gasteiger partial charge in [-0.25, -0.2) is 9.97 Å². The van der Waals surface area contributed by atoms with Crippen molar-refractivity contribution in [1.29, 1.82) is 0 Å². The van der Waals surface area contributed by atoms with E-state index in [1.165, 1.54) is 10.4 Å². The van der Waals surface area contributed by atoms with Crippen molar-refractivity contribution in [3.8, 4) is 0 Å². The van der Waals surface area contributed by atoms with E-state index in [0.717, 1.165) is 40.7 Å². The van der Waals surface area contributed by atoms with Gasteiger partial charge in [0.15, 0.2) is 5.16 Å². The lowest BCUT2D eigenvalue weighted by Crippen LogP contribution is -2.53. The molecule has 0 aliphatic carbocycles. The average molecular weight is 325 g/mol. The van der Waals surface area contributed by atoms with Crippen LogP contribution in [-0.4, -0.2) is 34.9 Å². The molecule has 4 N–H and O–H groups in total. The van der Waals surface area contributed by atoms with Gasteiger partial charge < -0.3 is 15.8 Å². The summed E-state index contributed by atoms with van der Waals surface area (Å²) in [4.78, 5) is 10.7. The van der Waals surface area contributed by atoms with E-state index in [1.54, 1.807) is 23.1 Å². The summed E-state index contributed by atoms with van der Waals surface area (Å²) in [5, 5.41) is 4.19. The van der Waals surface area contributed by atoms with Gasteiger partial charge in [-0.05, 0) is 20.1 Å². The summed E-state index contributed by atoms with van der Waals surface area (Å²) >= 11 is 3.37. The van der Waals surface area contributed by atoms with Gasteiger partial charge >= 0.3 is 0 Å². The molecule has 0 unspecified atom stereocenters. The van der Waals surface area contributed by atoms with Gasteiger partial charge in [0.2, 0.25) is 0 Å². The molecule has 7 heteroatoms. The van der Waals surface area contributed by atoms with Crippen LogP contribution in [-0.2, 0) is 17.8 Å². The Hall–Kier alpha value is -0.890. The van der Waals surface area contributed by atoms with Crippen molar-refractivity contribution in [3.63, 3.8) is 0 Å². The second-order valence-electron chi connectivity index (χ2n) is 5.75. The SMILES string of the molecule is CSc1nc(NCC[NH3+])c2sc3c(c2n1)COC(C)(C)C3. The van der Waals surface area contributed by atoms with Crippen molar-refractivity contribution in [1.82, 2.24) is 9.97 Å². The van der Waals surface area contributed by atoms with Crippen LogP contribution in [0.1, 0.15) is 24.3 Å². The van der Waals surface area contributed by atoms with Gasteiger partial charge in [-0.1, -0.05) is 11.8 Å². The van der Waals surface area contributed by atoms with Crippen LogP contribution in [0.4, 0.5) is 5.82 Å². The lowest BCUT2D eigenvalue weighted by atomic mass is 9.98. The summed E-state index contributed by atoms with van der Waals surface area (Å²) in [5.74, 6) is 0.935. The van der Waals surface area contributed by atoms with Crippen molar-refractivity contribution < 1.29 is 10.5 Å². The van der Waals surface area contributed by atoms with Gasteiger partial charge in [0.1, 0.15) is 5.82 Å². The van der Waals surface area contributed by atoms with Crippen LogP contribution in [0.3, 0.4) is 0 Å². The van der Waals surface area contributed by atoms with Crippen LogP contribution in [0.2, 0.25) is 0 Å². The first-order chi connectivity index (χ1) is 10.0. The Morgan fingerprint density at radius 3 is 2.95 bits per heavy atom. The number of fused-ring (bicyclic) bond motifs is 3. The van der Waals surface area contributed by atoms with Crippen molar-refractivity contribution in [2.24, 2.45) is 0 Å². The highest BCUT2D eigenvalue weighted by molar-refractivity contribution is 7.98. The minimum absolute atomic E-state index is 0.0927. The zero-order valence-electron chi connectivity index (χ0n) is 12.7. The van der Waals surface area contributed by atoms with Crippen LogP contribution in [0.5, 0.6) is 0 Å². The molecule has 21 heavy (non-hydrogen) atoms. The summed E-state index contributed by atoms with van der Waals surface area (Å²) in [5.41, 5.74) is 6.08. The van der Waals surface area contributed by atoms with Crippen molar-refractivity contribution >= 4 is 39.1 Å². The number of quaternary nitrogens is 1. The molecule has 0 spiro atoms. The predicted molar refractivity (Wildman–Crippen MR) is 88.0 cm³/mol. The van der Waals surface area contributed by atoms with E-state index in [0.29, 0.717) is 6.61 Å². The maximum absolute atomic E-state index is 5.96. The number of aromatic nitrogens is 2. The quantitative estimate of drug-likeness (QED) is 0.663. The normalized spacial score (nSPS) is 17.0. The van der Waals surface area contributed by atoms with Crippen LogP contribution in [0.15, 0.2) is 5.16 Å². The topological polar surface area (TPSA) is 74.7 Å². The number of anilines is 1. The third-order valence-corrected chi connectivity index (χ3v) is 5.31. The molecule has 0 saturated carbocycles. The summed E-state index contributed by atoms with van der Waals surface area (Å²) in [6, 6.07) is 0. The van der Waals surface area contributed by atoms with E-state index in [2.05, 4.69) is 29.9 Å². The maximum Gasteiger partial charge on any atom is 0.189 e. The van der Waals surface area contributed by atoms with E-state index in [1.807, 2.05) is 6.26 Å². The van der Waals surface area contributed by atoms with Crippen molar-refractivity contribution in [2.75, 3.05) is 24.7 Å². The van der Waals surface area contributed by atoms with Gasteiger partial charge in [-0.2, -0.15) is 0 Å². The van der Waals surface area contributed by atoms with E-state index in [9.17, 15) is 0 Å². The zero-order chi connectivity index (χ0) is 15.0. The van der Waals surface area contributed by atoms with E-state index in [-0.39, 0.29) is 5.60 Å². The Morgan fingerprint density at radius 1 is 1.43 bits per heavy atom. The molecule has 0 fully saturated rings. The largest absolute Gasteiger partial charge is 0.370 e. The van der Waals surface area contributed by atoms with Crippen LogP contribution < -0.4 is 11.1 Å². The van der Waals surface area contributed by atoms with Gasteiger partial charge in [-0.15, -0.1) is 11.3 Å². The molecule has 0 radical (unpaired) electrons. The summed E-state index contributed by atoms with van der Waals surface area (Å²) in [7, 11) is 0. The highest BCUT2D eigenvalue weighted by atomic mass is 32.2. The fourth-order valence-electron chi connectivity index (χ4n) is 2.46. The number of hydrogen-bond donors (Lipinski definition) is 2. The monoisotopic (exact) mass is 325 g/mol. The molecule has 0 aromatic carbocycles. The average Bonchev–Trinajstić information content (AvgIpc) is 2.80. The fraction of sp³-hybridized carbons (Fsp3) is 0.571. The Balaban J connectivity index is 2.13. The van der Waals surface area contributed by atoms with Crippen LogP contribution in [0, 0.1) is 0 Å². The summed E-state index contributed by atoms with van der Waals surface area (Å²) in [6.07, 6.45) is 2.94. The highest BCUT2D eigenvalue weighted by Gasteiger charge is 2.30. The summed E-state index contributed by atoms with van der Waals surface area (Å²) in [6.45, 7) is 6.58. The molecule has 3 heterocycles.